The maximum Gasteiger partial charge on any atom is 0.335 e. The Labute approximate surface area is 185 Å². The van der Waals surface area contributed by atoms with E-state index in [2.05, 4.69) is 25.4 Å². The number of nitrogens with one attached hydrogen (secondary N) is 1. The van der Waals surface area contributed by atoms with Crippen LogP contribution in [0.3, 0.4) is 0 Å². The Hall–Kier alpha value is -4.01. The van der Waals surface area contributed by atoms with Crippen LogP contribution in [0, 0.1) is 5.92 Å². The Morgan fingerprint density at radius 3 is 2.59 bits per heavy atom. The van der Waals surface area contributed by atoms with Crippen molar-refractivity contribution in [2.75, 3.05) is 29.9 Å². The third-order valence-corrected chi connectivity index (χ3v) is 5.36. The van der Waals surface area contributed by atoms with Gasteiger partial charge in [-0.1, -0.05) is 6.07 Å². The van der Waals surface area contributed by atoms with Crippen LogP contribution in [0.5, 0.6) is 5.75 Å². The largest absolute Gasteiger partial charge is 0.493 e. The van der Waals surface area contributed by atoms with Crippen LogP contribution in [0.1, 0.15) is 33.6 Å². The molecule has 0 atom stereocenters. The van der Waals surface area contributed by atoms with Crippen LogP contribution in [0.25, 0.3) is 0 Å². The summed E-state index contributed by atoms with van der Waals surface area (Å²) in [5.41, 5.74) is 1.27. The quantitative estimate of drug-likeness (QED) is 0.584. The van der Waals surface area contributed by atoms with E-state index in [9.17, 15) is 9.59 Å². The predicted octanol–water partition coefficient (Wildman–Crippen LogP) is 3.12. The molecule has 2 aromatic heterocycles. The van der Waals surface area contributed by atoms with Crippen LogP contribution in [-0.4, -0.2) is 51.9 Å². The summed E-state index contributed by atoms with van der Waals surface area (Å²) in [4.78, 5) is 30.0. The van der Waals surface area contributed by atoms with Gasteiger partial charge in [0.05, 0.1) is 42.0 Å². The van der Waals surface area contributed by atoms with Crippen molar-refractivity contribution in [1.82, 2.24) is 15.2 Å². The Balaban J connectivity index is 1.25. The summed E-state index contributed by atoms with van der Waals surface area (Å²) < 4.78 is 5.82. The van der Waals surface area contributed by atoms with Gasteiger partial charge < -0.3 is 20.1 Å². The highest BCUT2D eigenvalue weighted by atomic mass is 16.5. The molecular weight excluding hydrogens is 410 g/mol. The molecule has 3 aromatic rings. The number of rotatable bonds is 7. The number of nitrogens with zero attached hydrogens (tertiary/aromatic N) is 4. The van der Waals surface area contributed by atoms with E-state index < -0.39 is 5.97 Å². The van der Waals surface area contributed by atoms with Crippen molar-refractivity contribution in [3.05, 3.63) is 72.2 Å². The van der Waals surface area contributed by atoms with Gasteiger partial charge in [-0.05, 0) is 55.2 Å². The number of benzene rings is 1. The SMILES string of the molecule is O=C(O)c1cccc(OCC2CCN(c3ccc(NC(=O)c4ccnnc4)cn3)CC2)c1. The molecule has 3 heterocycles. The van der Waals surface area contributed by atoms with Crippen LogP contribution in [0.15, 0.2) is 61.1 Å². The third-order valence-electron chi connectivity index (χ3n) is 5.36. The number of carbonyl (C=O) groups excluding carboxylic acids is 1. The zero-order valence-electron chi connectivity index (χ0n) is 17.3. The van der Waals surface area contributed by atoms with Gasteiger partial charge in [0, 0.05) is 13.1 Å². The summed E-state index contributed by atoms with van der Waals surface area (Å²) in [6, 6.07) is 11.9. The van der Waals surface area contributed by atoms with Gasteiger partial charge in [0.2, 0.25) is 0 Å². The molecule has 4 rings (SSSR count). The van der Waals surface area contributed by atoms with Gasteiger partial charge in [0.1, 0.15) is 11.6 Å². The number of piperidine rings is 1. The van der Waals surface area contributed by atoms with Gasteiger partial charge in [-0.25, -0.2) is 9.78 Å². The first-order chi connectivity index (χ1) is 15.6. The van der Waals surface area contributed by atoms with Crippen molar-refractivity contribution < 1.29 is 19.4 Å². The van der Waals surface area contributed by atoms with Gasteiger partial charge in [-0.15, -0.1) is 0 Å². The molecule has 1 fully saturated rings. The average molecular weight is 433 g/mol. The predicted molar refractivity (Wildman–Crippen MR) is 118 cm³/mol. The zero-order valence-corrected chi connectivity index (χ0v) is 17.3. The van der Waals surface area contributed by atoms with Crippen LogP contribution < -0.4 is 15.0 Å². The molecule has 0 radical (unpaired) electrons. The molecule has 32 heavy (non-hydrogen) atoms. The second kappa shape index (κ2) is 9.86. The molecule has 1 aliphatic heterocycles. The molecule has 0 bridgehead atoms. The molecule has 2 N–H and O–H groups in total. The lowest BCUT2D eigenvalue weighted by atomic mass is 9.98. The number of ether oxygens (including phenoxy) is 1. The van der Waals surface area contributed by atoms with Gasteiger partial charge in [-0.3, -0.25) is 4.79 Å². The van der Waals surface area contributed by atoms with Crippen LogP contribution in [0.4, 0.5) is 11.5 Å². The van der Waals surface area contributed by atoms with Gasteiger partial charge in [0.15, 0.2) is 0 Å². The Kier molecular flexibility index (Phi) is 6.54. The first-order valence-corrected chi connectivity index (χ1v) is 10.3. The number of carbonyl (C=O) groups is 2. The number of aromatic nitrogens is 3. The molecule has 1 aromatic carbocycles. The third kappa shape index (κ3) is 5.37. The maximum atomic E-state index is 12.2. The maximum absolute atomic E-state index is 12.2. The smallest absolute Gasteiger partial charge is 0.335 e. The monoisotopic (exact) mass is 433 g/mol. The zero-order chi connectivity index (χ0) is 22.3. The number of carboxylic acids is 1. The van der Waals surface area contributed by atoms with Crippen LogP contribution >= 0.6 is 0 Å². The molecule has 164 valence electrons. The Morgan fingerprint density at radius 2 is 1.91 bits per heavy atom. The van der Waals surface area contributed by atoms with Gasteiger partial charge in [-0.2, -0.15) is 10.2 Å². The number of anilines is 2. The Morgan fingerprint density at radius 1 is 1.06 bits per heavy atom. The first kappa shape index (κ1) is 21.2. The molecule has 1 amide bonds. The second-order valence-corrected chi connectivity index (χ2v) is 7.56. The van der Waals surface area contributed by atoms with Crippen molar-refractivity contribution in [3.63, 3.8) is 0 Å². The van der Waals surface area contributed by atoms with Crippen LogP contribution in [0.2, 0.25) is 0 Å². The fourth-order valence-corrected chi connectivity index (χ4v) is 3.54. The second-order valence-electron chi connectivity index (χ2n) is 7.56. The number of hydrogen-bond acceptors (Lipinski definition) is 7. The van der Waals surface area contributed by atoms with Gasteiger partial charge in [0.25, 0.3) is 5.91 Å². The summed E-state index contributed by atoms with van der Waals surface area (Å²) >= 11 is 0. The molecule has 1 aliphatic rings. The minimum Gasteiger partial charge on any atom is -0.493 e. The number of aromatic carboxylic acids is 1. The molecule has 0 unspecified atom stereocenters. The van der Waals surface area contributed by atoms with E-state index in [0.717, 1.165) is 31.7 Å². The van der Waals surface area contributed by atoms with Crippen molar-refractivity contribution >= 4 is 23.4 Å². The van der Waals surface area contributed by atoms with Crippen molar-refractivity contribution in [2.24, 2.45) is 5.92 Å². The lowest BCUT2D eigenvalue weighted by Crippen LogP contribution is -2.36. The Bertz CT molecular complexity index is 1070. The van der Waals surface area contributed by atoms with Crippen molar-refractivity contribution in [1.29, 1.82) is 0 Å². The lowest BCUT2D eigenvalue weighted by Gasteiger charge is -2.32. The lowest BCUT2D eigenvalue weighted by molar-refractivity contribution is 0.0696. The summed E-state index contributed by atoms with van der Waals surface area (Å²) in [5, 5.41) is 19.2. The molecule has 9 nitrogen and oxygen atoms in total. The first-order valence-electron chi connectivity index (χ1n) is 10.3. The summed E-state index contributed by atoms with van der Waals surface area (Å²) in [6.07, 6.45) is 6.43. The van der Waals surface area contributed by atoms with E-state index >= 15 is 0 Å². The van der Waals surface area contributed by atoms with Gasteiger partial charge >= 0.3 is 5.97 Å². The average Bonchev–Trinajstić information content (AvgIpc) is 2.84. The topological polar surface area (TPSA) is 118 Å². The summed E-state index contributed by atoms with van der Waals surface area (Å²) in [5.74, 6) is 0.615. The van der Waals surface area contributed by atoms with E-state index in [-0.39, 0.29) is 11.5 Å². The summed E-state index contributed by atoms with van der Waals surface area (Å²) in [6.45, 7) is 2.26. The molecule has 0 saturated carbocycles. The highest BCUT2D eigenvalue weighted by molar-refractivity contribution is 6.03. The van der Waals surface area contributed by atoms with E-state index in [4.69, 9.17) is 9.84 Å². The minimum atomic E-state index is -0.962. The van der Waals surface area contributed by atoms with E-state index in [1.807, 2.05) is 12.1 Å². The van der Waals surface area contributed by atoms with Crippen LogP contribution in [-0.2, 0) is 0 Å². The molecule has 0 spiro atoms. The fraction of sp³-hybridized carbons (Fsp3) is 0.261. The summed E-state index contributed by atoms with van der Waals surface area (Å²) in [7, 11) is 0. The van der Waals surface area contributed by atoms with Crippen molar-refractivity contribution in [3.8, 4) is 5.75 Å². The number of carboxylic acid groups (broad SMARTS) is 1. The normalized spacial score (nSPS) is 14.1. The number of hydrogen-bond donors (Lipinski definition) is 2. The number of pyridine rings is 1. The molecule has 0 aliphatic carbocycles. The molecular formula is C23H23N5O4. The number of amides is 1. The van der Waals surface area contributed by atoms with Crippen molar-refractivity contribution in [2.45, 2.75) is 12.8 Å². The highest BCUT2D eigenvalue weighted by Gasteiger charge is 2.21. The minimum absolute atomic E-state index is 0.223. The molecule has 1 saturated heterocycles. The fourth-order valence-electron chi connectivity index (χ4n) is 3.54. The standard InChI is InChI=1S/C23H23N5O4/c29-22(18-6-9-25-26-13-18)27-19-4-5-21(24-14-19)28-10-7-16(8-11-28)15-32-20-3-1-2-17(12-20)23(30)31/h1-6,9,12-14,16H,7-8,10-11,15H2,(H,27,29)(H,30,31). The van der Waals surface area contributed by atoms with E-state index in [0.29, 0.717) is 29.5 Å². The van der Waals surface area contributed by atoms with E-state index in [1.165, 1.54) is 12.4 Å². The highest BCUT2D eigenvalue weighted by Crippen LogP contribution is 2.24. The molecule has 9 heteroatoms. The van der Waals surface area contributed by atoms with E-state index in [1.54, 1.807) is 36.5 Å².